The standard InChI is InChI=1S/C13H14O3S.Na/c1-8-6-10(3)13-9(2)4-5-12(11(13)7-8)17(14,15)16;/h4-7H,1-3H3,(H,14,15,16);/q;+1/p-1. The summed E-state index contributed by atoms with van der Waals surface area (Å²) in [6, 6.07) is 6.80. The van der Waals surface area contributed by atoms with Crippen LogP contribution in [0.4, 0.5) is 0 Å². The van der Waals surface area contributed by atoms with E-state index in [4.69, 9.17) is 0 Å². The van der Waals surface area contributed by atoms with E-state index in [0.29, 0.717) is 5.39 Å². The van der Waals surface area contributed by atoms with Gasteiger partial charge in [-0.3, -0.25) is 0 Å². The van der Waals surface area contributed by atoms with Gasteiger partial charge in [0.1, 0.15) is 10.1 Å². The van der Waals surface area contributed by atoms with Crippen LogP contribution in [-0.4, -0.2) is 13.0 Å². The molecule has 0 heterocycles. The van der Waals surface area contributed by atoms with Crippen molar-refractivity contribution in [2.75, 3.05) is 0 Å². The molecule has 0 saturated carbocycles. The summed E-state index contributed by atoms with van der Waals surface area (Å²) in [6.07, 6.45) is 0. The minimum atomic E-state index is -4.43. The average Bonchev–Trinajstić information content (AvgIpc) is 2.14. The minimum Gasteiger partial charge on any atom is -0.744 e. The third kappa shape index (κ3) is 2.78. The van der Waals surface area contributed by atoms with E-state index in [9.17, 15) is 13.0 Å². The molecule has 2 aromatic rings. The van der Waals surface area contributed by atoms with Gasteiger partial charge >= 0.3 is 29.6 Å². The molecule has 0 aliphatic heterocycles. The van der Waals surface area contributed by atoms with Crippen LogP contribution in [0.2, 0.25) is 0 Å². The van der Waals surface area contributed by atoms with Gasteiger partial charge in [-0.25, -0.2) is 8.42 Å². The predicted molar refractivity (Wildman–Crippen MR) is 66.1 cm³/mol. The maximum atomic E-state index is 11.2. The second-order valence-corrected chi connectivity index (χ2v) is 5.69. The number of aryl methyl sites for hydroxylation is 3. The Kier molecular flexibility index (Phi) is 4.62. The van der Waals surface area contributed by atoms with E-state index in [1.165, 1.54) is 6.07 Å². The molecule has 0 saturated heterocycles. The Morgan fingerprint density at radius 1 is 1.00 bits per heavy atom. The first-order chi connectivity index (χ1) is 7.80. The number of fused-ring (bicyclic) bond motifs is 1. The molecule has 0 spiro atoms. The molecule has 2 aromatic carbocycles. The smallest absolute Gasteiger partial charge is 0.744 e. The Hall–Kier alpha value is -0.390. The molecule has 0 atom stereocenters. The molecular weight excluding hydrogens is 259 g/mol. The topological polar surface area (TPSA) is 57.2 Å². The molecule has 18 heavy (non-hydrogen) atoms. The van der Waals surface area contributed by atoms with Crippen molar-refractivity contribution in [3.8, 4) is 0 Å². The van der Waals surface area contributed by atoms with Crippen molar-refractivity contribution < 1.29 is 42.5 Å². The van der Waals surface area contributed by atoms with Crippen LogP contribution in [0.15, 0.2) is 29.2 Å². The molecular formula is C13H13NaO3S. The largest absolute Gasteiger partial charge is 1.00 e. The molecule has 0 fully saturated rings. The Balaban J connectivity index is 0.00000162. The summed E-state index contributed by atoms with van der Waals surface area (Å²) in [5, 5.41) is 1.38. The Labute approximate surface area is 129 Å². The van der Waals surface area contributed by atoms with Gasteiger partial charge in [-0.1, -0.05) is 23.8 Å². The summed E-state index contributed by atoms with van der Waals surface area (Å²) in [7, 11) is -4.43. The Morgan fingerprint density at radius 3 is 2.17 bits per heavy atom. The van der Waals surface area contributed by atoms with E-state index < -0.39 is 10.1 Å². The quantitative estimate of drug-likeness (QED) is 0.528. The number of hydrogen-bond acceptors (Lipinski definition) is 3. The molecule has 0 aliphatic carbocycles. The van der Waals surface area contributed by atoms with E-state index in [1.54, 1.807) is 12.1 Å². The fraction of sp³-hybridized carbons (Fsp3) is 0.231. The molecule has 0 unspecified atom stereocenters. The maximum absolute atomic E-state index is 11.2. The van der Waals surface area contributed by atoms with Crippen LogP contribution in [-0.2, 0) is 10.1 Å². The van der Waals surface area contributed by atoms with Crippen LogP contribution in [0.1, 0.15) is 16.7 Å². The predicted octanol–water partition coefficient (Wildman–Crippen LogP) is -0.327. The summed E-state index contributed by atoms with van der Waals surface area (Å²) in [4.78, 5) is -0.134. The van der Waals surface area contributed by atoms with Crippen LogP contribution in [0.5, 0.6) is 0 Å². The number of benzene rings is 2. The van der Waals surface area contributed by atoms with Crippen molar-refractivity contribution in [3.05, 3.63) is 41.0 Å². The molecule has 90 valence electrons. The van der Waals surface area contributed by atoms with Crippen molar-refractivity contribution in [2.45, 2.75) is 25.7 Å². The van der Waals surface area contributed by atoms with Gasteiger partial charge < -0.3 is 4.55 Å². The van der Waals surface area contributed by atoms with Gasteiger partial charge in [-0.15, -0.1) is 0 Å². The number of rotatable bonds is 1. The summed E-state index contributed by atoms with van der Waals surface area (Å²) in [5.41, 5.74) is 2.92. The third-order valence-corrected chi connectivity index (χ3v) is 3.79. The zero-order valence-corrected chi connectivity index (χ0v) is 13.8. The summed E-state index contributed by atoms with van der Waals surface area (Å²) >= 11 is 0. The van der Waals surface area contributed by atoms with E-state index in [-0.39, 0.29) is 34.5 Å². The van der Waals surface area contributed by atoms with Gasteiger partial charge in [0.15, 0.2) is 0 Å². The number of hydrogen-bond donors (Lipinski definition) is 0. The van der Waals surface area contributed by atoms with Crippen LogP contribution in [0.3, 0.4) is 0 Å². The van der Waals surface area contributed by atoms with Crippen molar-refractivity contribution in [1.82, 2.24) is 0 Å². The minimum absolute atomic E-state index is 0. The van der Waals surface area contributed by atoms with Crippen molar-refractivity contribution >= 4 is 20.9 Å². The molecule has 0 aliphatic rings. The molecule has 0 aromatic heterocycles. The summed E-state index contributed by atoms with van der Waals surface area (Å²) in [5.74, 6) is 0. The maximum Gasteiger partial charge on any atom is 1.00 e. The van der Waals surface area contributed by atoms with Crippen LogP contribution >= 0.6 is 0 Å². The first-order valence-electron chi connectivity index (χ1n) is 5.27. The van der Waals surface area contributed by atoms with E-state index in [2.05, 4.69) is 0 Å². The fourth-order valence-electron chi connectivity index (χ4n) is 2.28. The van der Waals surface area contributed by atoms with E-state index >= 15 is 0 Å². The molecule has 3 nitrogen and oxygen atoms in total. The third-order valence-electron chi connectivity index (χ3n) is 2.89. The molecule has 0 radical (unpaired) electrons. The van der Waals surface area contributed by atoms with Gasteiger partial charge in [-0.05, 0) is 48.7 Å². The van der Waals surface area contributed by atoms with Crippen LogP contribution in [0.25, 0.3) is 10.8 Å². The average molecular weight is 272 g/mol. The second kappa shape index (κ2) is 5.31. The van der Waals surface area contributed by atoms with E-state index in [0.717, 1.165) is 22.1 Å². The molecule has 2 rings (SSSR count). The van der Waals surface area contributed by atoms with Crippen LogP contribution in [0, 0.1) is 20.8 Å². The zero-order valence-electron chi connectivity index (χ0n) is 10.9. The normalized spacial score (nSPS) is 11.3. The molecule has 0 amide bonds. The van der Waals surface area contributed by atoms with Crippen molar-refractivity contribution in [2.24, 2.45) is 0 Å². The van der Waals surface area contributed by atoms with Crippen molar-refractivity contribution in [3.63, 3.8) is 0 Å². The first-order valence-corrected chi connectivity index (χ1v) is 6.68. The second-order valence-electron chi connectivity index (χ2n) is 4.34. The SMILES string of the molecule is Cc1cc(C)c2c(C)ccc(S(=O)(=O)[O-])c2c1.[Na+]. The summed E-state index contributed by atoms with van der Waals surface area (Å²) in [6.45, 7) is 5.71. The fourth-order valence-corrected chi connectivity index (χ4v) is 2.94. The Bertz CT molecular complexity index is 706. The van der Waals surface area contributed by atoms with E-state index in [1.807, 2.05) is 26.8 Å². The van der Waals surface area contributed by atoms with Gasteiger partial charge in [0.25, 0.3) is 0 Å². The van der Waals surface area contributed by atoms with Gasteiger partial charge in [-0.2, -0.15) is 0 Å². The van der Waals surface area contributed by atoms with Gasteiger partial charge in [0.05, 0.1) is 4.90 Å². The van der Waals surface area contributed by atoms with Crippen LogP contribution < -0.4 is 29.6 Å². The monoisotopic (exact) mass is 272 g/mol. The summed E-state index contributed by atoms with van der Waals surface area (Å²) < 4.78 is 33.7. The molecule has 5 heteroatoms. The molecule has 0 bridgehead atoms. The molecule has 0 N–H and O–H groups in total. The Morgan fingerprint density at radius 2 is 1.61 bits per heavy atom. The zero-order chi connectivity index (χ0) is 12.8. The van der Waals surface area contributed by atoms with Gasteiger partial charge in [0.2, 0.25) is 0 Å². The first kappa shape index (κ1) is 15.7. The van der Waals surface area contributed by atoms with Gasteiger partial charge in [0, 0.05) is 0 Å². The van der Waals surface area contributed by atoms with Crippen molar-refractivity contribution in [1.29, 1.82) is 0 Å².